The van der Waals surface area contributed by atoms with Crippen molar-refractivity contribution in [2.24, 2.45) is 4.99 Å². The number of hydrogen-bond donors (Lipinski definition) is 1. The van der Waals surface area contributed by atoms with Gasteiger partial charge in [-0.25, -0.2) is 0 Å². The number of hydrogen-bond acceptors (Lipinski definition) is 3. The first-order valence-electron chi connectivity index (χ1n) is 6.77. The second-order valence-electron chi connectivity index (χ2n) is 4.77. The maximum atomic E-state index is 8.81. The Bertz CT molecular complexity index is 685. The van der Waals surface area contributed by atoms with Crippen molar-refractivity contribution in [2.45, 2.75) is 13.1 Å². The summed E-state index contributed by atoms with van der Waals surface area (Å²) in [6, 6.07) is 13.8. The molecule has 1 N–H and O–H groups in total. The summed E-state index contributed by atoms with van der Waals surface area (Å²) in [5, 5.41) is 12.1. The van der Waals surface area contributed by atoms with E-state index < -0.39 is 0 Å². The van der Waals surface area contributed by atoms with Gasteiger partial charge in [0.05, 0.1) is 22.0 Å². The molecule has 0 aliphatic rings. The Morgan fingerprint density at radius 3 is 2.59 bits per heavy atom. The average Bonchev–Trinajstić information content (AvgIpc) is 2.93. The summed E-state index contributed by atoms with van der Waals surface area (Å²) in [7, 11) is 3.80. The fraction of sp³-hybridized carbons (Fsp3) is 0.250. The lowest BCUT2D eigenvalue weighted by Crippen LogP contribution is -2.37. The molecule has 1 aromatic heterocycles. The molecule has 6 heteroatoms. The maximum Gasteiger partial charge on any atom is 0.193 e. The number of thiophene rings is 1. The van der Waals surface area contributed by atoms with Crippen molar-refractivity contribution < 1.29 is 0 Å². The number of nitrogens with zero attached hydrogens (tertiary/aromatic N) is 3. The lowest BCUT2D eigenvalue weighted by molar-refractivity contribution is 0.481. The molecular weight excluding hydrogens is 360 g/mol. The van der Waals surface area contributed by atoms with Crippen LogP contribution < -0.4 is 5.32 Å². The molecule has 0 saturated carbocycles. The van der Waals surface area contributed by atoms with Gasteiger partial charge in [-0.3, -0.25) is 4.99 Å². The Hall–Kier alpha value is -1.84. The molecule has 0 unspecified atom stereocenters. The molecule has 4 nitrogen and oxygen atoms in total. The number of nitriles is 1. The summed E-state index contributed by atoms with van der Waals surface area (Å²) in [4.78, 5) is 7.67. The van der Waals surface area contributed by atoms with E-state index in [0.29, 0.717) is 12.1 Å². The molecule has 114 valence electrons. The van der Waals surface area contributed by atoms with Crippen molar-refractivity contribution in [3.63, 3.8) is 0 Å². The number of rotatable bonds is 4. The van der Waals surface area contributed by atoms with Gasteiger partial charge in [-0.2, -0.15) is 5.26 Å². The van der Waals surface area contributed by atoms with Crippen LogP contribution in [-0.2, 0) is 13.1 Å². The van der Waals surface area contributed by atoms with Crippen molar-refractivity contribution in [3.05, 3.63) is 56.2 Å². The van der Waals surface area contributed by atoms with Crippen LogP contribution in [0.4, 0.5) is 0 Å². The number of nitrogens with one attached hydrogen (secondary N) is 1. The zero-order valence-corrected chi connectivity index (χ0v) is 14.9. The molecule has 22 heavy (non-hydrogen) atoms. The Morgan fingerprint density at radius 1 is 1.32 bits per heavy atom. The molecule has 1 heterocycles. The summed E-state index contributed by atoms with van der Waals surface area (Å²) >= 11 is 5.20. The van der Waals surface area contributed by atoms with Gasteiger partial charge in [-0.05, 0) is 45.8 Å². The fourth-order valence-electron chi connectivity index (χ4n) is 2.01. The Kier molecular flexibility index (Phi) is 5.99. The van der Waals surface area contributed by atoms with Gasteiger partial charge in [0.2, 0.25) is 0 Å². The molecule has 1 aromatic carbocycles. The third-order valence-electron chi connectivity index (χ3n) is 3.13. The fourth-order valence-corrected chi connectivity index (χ4v) is 3.55. The van der Waals surface area contributed by atoms with Crippen molar-refractivity contribution in [1.29, 1.82) is 5.26 Å². The van der Waals surface area contributed by atoms with Gasteiger partial charge in [-0.15, -0.1) is 11.3 Å². The SMILES string of the molecule is CN=C(NCc1ccc(C#N)cc1)N(C)Cc1ccc(Br)s1. The van der Waals surface area contributed by atoms with Gasteiger partial charge < -0.3 is 10.2 Å². The highest BCUT2D eigenvalue weighted by Gasteiger charge is 2.08. The van der Waals surface area contributed by atoms with E-state index in [1.165, 1.54) is 4.88 Å². The van der Waals surface area contributed by atoms with Gasteiger partial charge in [0.1, 0.15) is 0 Å². The third kappa shape index (κ3) is 4.58. The largest absolute Gasteiger partial charge is 0.352 e. The predicted octanol–water partition coefficient (Wildman–Crippen LogP) is 3.59. The van der Waals surface area contributed by atoms with Crippen LogP contribution in [0, 0.1) is 11.3 Å². The Labute approximate surface area is 143 Å². The van der Waals surface area contributed by atoms with Crippen molar-refractivity contribution in [3.8, 4) is 6.07 Å². The van der Waals surface area contributed by atoms with Crippen LogP contribution in [0.1, 0.15) is 16.0 Å². The normalized spacial score (nSPS) is 11.1. The number of guanidine groups is 1. The first-order chi connectivity index (χ1) is 10.6. The van der Waals surface area contributed by atoms with Crippen molar-refractivity contribution in [2.75, 3.05) is 14.1 Å². The summed E-state index contributed by atoms with van der Waals surface area (Å²) in [6.07, 6.45) is 0. The average molecular weight is 377 g/mol. The molecular formula is C16H17BrN4S. The van der Waals surface area contributed by atoms with Crippen molar-refractivity contribution in [1.82, 2.24) is 10.2 Å². The van der Waals surface area contributed by atoms with Crippen LogP contribution in [0.15, 0.2) is 45.2 Å². The minimum absolute atomic E-state index is 0.675. The van der Waals surface area contributed by atoms with E-state index in [2.05, 4.69) is 49.3 Å². The van der Waals surface area contributed by atoms with Gasteiger partial charge in [0.15, 0.2) is 5.96 Å². The lowest BCUT2D eigenvalue weighted by Gasteiger charge is -2.21. The molecule has 0 aliphatic heterocycles. The van der Waals surface area contributed by atoms with Crippen LogP contribution in [-0.4, -0.2) is 25.0 Å². The highest BCUT2D eigenvalue weighted by molar-refractivity contribution is 9.11. The second kappa shape index (κ2) is 7.97. The minimum atomic E-state index is 0.675. The van der Waals surface area contributed by atoms with E-state index in [4.69, 9.17) is 5.26 Å². The minimum Gasteiger partial charge on any atom is -0.352 e. The highest BCUT2D eigenvalue weighted by Crippen LogP contribution is 2.22. The van der Waals surface area contributed by atoms with E-state index >= 15 is 0 Å². The van der Waals surface area contributed by atoms with Crippen LogP contribution >= 0.6 is 27.3 Å². The molecule has 0 radical (unpaired) electrons. The van der Waals surface area contributed by atoms with E-state index in [-0.39, 0.29) is 0 Å². The molecule has 0 saturated heterocycles. The maximum absolute atomic E-state index is 8.81. The third-order valence-corrected chi connectivity index (χ3v) is 4.74. The molecule has 0 spiro atoms. The van der Waals surface area contributed by atoms with Crippen LogP contribution in [0.5, 0.6) is 0 Å². The second-order valence-corrected chi connectivity index (χ2v) is 7.32. The molecule has 0 aliphatic carbocycles. The molecule has 0 bridgehead atoms. The lowest BCUT2D eigenvalue weighted by atomic mass is 10.1. The standard InChI is InChI=1S/C16H17BrN4S/c1-19-16(21(2)11-14-7-8-15(17)22-14)20-10-13-5-3-12(9-18)4-6-13/h3-8H,10-11H2,1-2H3,(H,19,20). The van der Waals surface area contributed by atoms with Gasteiger partial charge >= 0.3 is 0 Å². The van der Waals surface area contributed by atoms with E-state index in [9.17, 15) is 0 Å². The quantitative estimate of drug-likeness (QED) is 0.655. The van der Waals surface area contributed by atoms with Gasteiger partial charge in [0.25, 0.3) is 0 Å². The smallest absolute Gasteiger partial charge is 0.193 e. The van der Waals surface area contributed by atoms with Crippen LogP contribution in [0.3, 0.4) is 0 Å². The summed E-state index contributed by atoms with van der Waals surface area (Å²) < 4.78 is 1.14. The van der Waals surface area contributed by atoms with E-state index in [1.54, 1.807) is 18.4 Å². The summed E-state index contributed by atoms with van der Waals surface area (Å²) in [6.45, 7) is 1.49. The topological polar surface area (TPSA) is 51.4 Å². The van der Waals surface area contributed by atoms with Crippen molar-refractivity contribution >= 4 is 33.2 Å². The highest BCUT2D eigenvalue weighted by atomic mass is 79.9. The number of halogens is 1. The van der Waals surface area contributed by atoms with E-state index in [0.717, 1.165) is 21.9 Å². The van der Waals surface area contributed by atoms with Crippen LogP contribution in [0.2, 0.25) is 0 Å². The molecule has 0 amide bonds. The number of benzene rings is 1. The zero-order valence-electron chi connectivity index (χ0n) is 12.5. The molecule has 0 fully saturated rings. The first kappa shape index (κ1) is 16.5. The molecule has 0 atom stereocenters. The predicted molar refractivity (Wildman–Crippen MR) is 94.8 cm³/mol. The first-order valence-corrected chi connectivity index (χ1v) is 8.38. The Balaban J connectivity index is 1.92. The zero-order chi connectivity index (χ0) is 15.9. The molecule has 2 aromatic rings. The van der Waals surface area contributed by atoms with Crippen LogP contribution in [0.25, 0.3) is 0 Å². The number of aliphatic imine (C=N–C) groups is 1. The monoisotopic (exact) mass is 376 g/mol. The summed E-state index contributed by atoms with van der Waals surface area (Å²) in [5.74, 6) is 0.842. The van der Waals surface area contributed by atoms with E-state index in [1.807, 2.05) is 31.3 Å². The molecule has 2 rings (SSSR count). The summed E-state index contributed by atoms with van der Waals surface area (Å²) in [5.41, 5.74) is 1.79. The van der Waals surface area contributed by atoms with Gasteiger partial charge in [0, 0.05) is 25.5 Å². The van der Waals surface area contributed by atoms with Gasteiger partial charge in [-0.1, -0.05) is 12.1 Å². The Morgan fingerprint density at radius 2 is 2.05 bits per heavy atom.